The van der Waals surface area contributed by atoms with Crippen LogP contribution in [0.15, 0.2) is 41.2 Å². The number of halogens is 1. The zero-order chi connectivity index (χ0) is 14.0. The van der Waals surface area contributed by atoms with Gasteiger partial charge in [0.15, 0.2) is 0 Å². The molecule has 1 aromatic carbocycles. The van der Waals surface area contributed by atoms with Gasteiger partial charge >= 0.3 is 0 Å². The predicted octanol–water partition coefficient (Wildman–Crippen LogP) is 2.25. The van der Waals surface area contributed by atoms with Crippen molar-refractivity contribution < 1.29 is 9.31 Å². The normalized spacial score (nSPS) is 10.4. The van der Waals surface area contributed by atoms with Crippen LogP contribution in [-0.2, 0) is 6.54 Å². The largest absolute Gasteiger partial charge is 0.302 e. The monoisotopic (exact) mass is 262 g/mol. The van der Waals surface area contributed by atoms with Crippen molar-refractivity contribution in [3.8, 4) is 0 Å². The Labute approximate surface area is 108 Å². The molecule has 2 aromatic rings. The van der Waals surface area contributed by atoms with Crippen LogP contribution in [0.25, 0.3) is 0 Å². The molecule has 0 amide bonds. The van der Waals surface area contributed by atoms with E-state index < -0.39 is 16.3 Å². The number of nitrogens with zero attached hydrogens (tertiary/aromatic N) is 2. The zero-order valence-corrected chi connectivity index (χ0v) is 10.2. The third kappa shape index (κ3) is 2.52. The lowest BCUT2D eigenvalue weighted by atomic mass is 10.2. The Bertz CT molecular complexity index is 695. The zero-order valence-electron chi connectivity index (χ0n) is 10.2. The van der Waals surface area contributed by atoms with Gasteiger partial charge in [-0.3, -0.25) is 14.9 Å². The van der Waals surface area contributed by atoms with Crippen molar-refractivity contribution in [3.63, 3.8) is 0 Å². The summed E-state index contributed by atoms with van der Waals surface area (Å²) >= 11 is 0. The first kappa shape index (κ1) is 12.9. The van der Waals surface area contributed by atoms with Crippen molar-refractivity contribution >= 4 is 5.69 Å². The topological polar surface area (TPSA) is 65.1 Å². The number of rotatable bonds is 3. The second-order valence-electron chi connectivity index (χ2n) is 4.08. The van der Waals surface area contributed by atoms with Crippen LogP contribution in [0.1, 0.15) is 11.3 Å². The number of benzene rings is 1. The van der Waals surface area contributed by atoms with Crippen molar-refractivity contribution in [1.82, 2.24) is 4.57 Å². The molecule has 5 nitrogen and oxygen atoms in total. The lowest BCUT2D eigenvalue weighted by Crippen LogP contribution is -2.23. The molecule has 0 atom stereocenters. The van der Waals surface area contributed by atoms with Gasteiger partial charge in [0.2, 0.25) is 0 Å². The Morgan fingerprint density at radius 1 is 1.26 bits per heavy atom. The molecule has 98 valence electrons. The number of hydrogen-bond donors (Lipinski definition) is 0. The average Bonchev–Trinajstić information content (AvgIpc) is 2.36. The van der Waals surface area contributed by atoms with Gasteiger partial charge in [0.05, 0.1) is 17.2 Å². The molecule has 0 bridgehead atoms. The van der Waals surface area contributed by atoms with Crippen molar-refractivity contribution in [2.24, 2.45) is 0 Å². The predicted molar refractivity (Wildman–Crippen MR) is 67.6 cm³/mol. The highest BCUT2D eigenvalue weighted by atomic mass is 19.1. The Kier molecular flexibility index (Phi) is 3.41. The Morgan fingerprint density at radius 2 is 1.95 bits per heavy atom. The van der Waals surface area contributed by atoms with E-state index in [9.17, 15) is 19.3 Å². The maximum atomic E-state index is 13.5. The quantitative estimate of drug-likeness (QED) is 0.629. The Morgan fingerprint density at radius 3 is 2.58 bits per heavy atom. The second kappa shape index (κ2) is 5.01. The molecular weight excluding hydrogens is 251 g/mol. The van der Waals surface area contributed by atoms with Crippen molar-refractivity contribution in [2.75, 3.05) is 0 Å². The van der Waals surface area contributed by atoms with Crippen LogP contribution < -0.4 is 5.56 Å². The van der Waals surface area contributed by atoms with Gasteiger partial charge in [-0.15, -0.1) is 0 Å². The fourth-order valence-electron chi connectivity index (χ4n) is 1.85. The average molecular weight is 262 g/mol. The van der Waals surface area contributed by atoms with Crippen molar-refractivity contribution in [1.29, 1.82) is 0 Å². The van der Waals surface area contributed by atoms with Crippen LogP contribution in [0, 0.1) is 22.9 Å². The van der Waals surface area contributed by atoms with Crippen LogP contribution in [0.5, 0.6) is 0 Å². The summed E-state index contributed by atoms with van der Waals surface area (Å²) in [5, 5.41) is 10.8. The molecule has 19 heavy (non-hydrogen) atoms. The smallest absolute Gasteiger partial charge is 0.288 e. The van der Waals surface area contributed by atoms with Crippen LogP contribution in [0.2, 0.25) is 0 Å². The molecule has 0 N–H and O–H groups in total. The molecule has 1 heterocycles. The molecule has 2 rings (SSSR count). The van der Waals surface area contributed by atoms with Gasteiger partial charge in [0.1, 0.15) is 5.82 Å². The molecule has 0 unspecified atom stereocenters. The van der Waals surface area contributed by atoms with Crippen molar-refractivity contribution in [2.45, 2.75) is 13.5 Å². The molecule has 0 radical (unpaired) electrons. The fourth-order valence-corrected chi connectivity index (χ4v) is 1.85. The van der Waals surface area contributed by atoms with E-state index in [4.69, 9.17) is 0 Å². The Balaban J connectivity index is 2.52. The fraction of sp³-hybridized carbons (Fsp3) is 0.154. The highest BCUT2D eigenvalue weighted by Crippen LogP contribution is 2.16. The van der Waals surface area contributed by atoms with Gasteiger partial charge < -0.3 is 4.57 Å². The molecular formula is C13H11FN2O3. The van der Waals surface area contributed by atoms with Crippen LogP contribution in [0.3, 0.4) is 0 Å². The highest BCUT2D eigenvalue weighted by molar-refractivity contribution is 5.35. The summed E-state index contributed by atoms with van der Waals surface area (Å²) in [7, 11) is 0. The molecule has 0 aliphatic carbocycles. The summed E-state index contributed by atoms with van der Waals surface area (Å²) in [6.45, 7) is 1.44. The molecule has 0 aliphatic heterocycles. The van der Waals surface area contributed by atoms with E-state index >= 15 is 0 Å². The second-order valence-corrected chi connectivity index (χ2v) is 4.08. The van der Waals surface area contributed by atoms with E-state index in [0.29, 0.717) is 5.56 Å². The van der Waals surface area contributed by atoms with E-state index in [1.165, 1.54) is 17.6 Å². The maximum absolute atomic E-state index is 13.5. The first-order valence-electron chi connectivity index (χ1n) is 5.59. The lowest BCUT2D eigenvalue weighted by molar-refractivity contribution is -0.386. The Hall–Kier alpha value is -2.50. The van der Waals surface area contributed by atoms with Gasteiger partial charge in [-0.2, -0.15) is 0 Å². The van der Waals surface area contributed by atoms with E-state index in [-0.39, 0.29) is 17.9 Å². The third-order valence-electron chi connectivity index (χ3n) is 2.91. The summed E-state index contributed by atoms with van der Waals surface area (Å²) in [6.07, 6.45) is 0. The van der Waals surface area contributed by atoms with Gasteiger partial charge in [-0.1, -0.05) is 18.2 Å². The SMILES string of the molecule is Cc1c([N+](=O)[O-])ccc(=O)n1Cc1ccccc1F. The van der Waals surface area contributed by atoms with E-state index in [0.717, 1.165) is 12.1 Å². The maximum Gasteiger partial charge on any atom is 0.288 e. The summed E-state index contributed by atoms with van der Waals surface area (Å²) in [5.74, 6) is -0.444. The minimum Gasteiger partial charge on any atom is -0.302 e. The van der Waals surface area contributed by atoms with E-state index in [2.05, 4.69) is 0 Å². The molecule has 0 saturated heterocycles. The minimum absolute atomic E-state index is 0.0288. The number of aromatic nitrogens is 1. The standard InChI is InChI=1S/C13H11FN2O3/c1-9-12(16(18)19)6-7-13(17)15(9)8-10-4-2-3-5-11(10)14/h2-7H,8H2,1H3. The number of pyridine rings is 1. The number of hydrogen-bond acceptors (Lipinski definition) is 3. The lowest BCUT2D eigenvalue weighted by Gasteiger charge is -2.10. The first-order valence-corrected chi connectivity index (χ1v) is 5.59. The van der Waals surface area contributed by atoms with Crippen LogP contribution in [-0.4, -0.2) is 9.49 Å². The van der Waals surface area contributed by atoms with E-state index in [1.54, 1.807) is 18.2 Å². The summed E-state index contributed by atoms with van der Waals surface area (Å²) in [5.41, 5.74) is -0.0313. The summed E-state index contributed by atoms with van der Waals surface area (Å²) in [6, 6.07) is 8.30. The van der Waals surface area contributed by atoms with Gasteiger partial charge in [0, 0.05) is 17.7 Å². The number of nitro groups is 1. The minimum atomic E-state index is -0.563. The molecule has 0 spiro atoms. The third-order valence-corrected chi connectivity index (χ3v) is 2.91. The molecule has 6 heteroatoms. The van der Waals surface area contributed by atoms with Gasteiger partial charge in [-0.25, -0.2) is 4.39 Å². The van der Waals surface area contributed by atoms with Crippen molar-refractivity contribution in [3.05, 3.63) is 73.9 Å². The molecule has 1 aromatic heterocycles. The summed E-state index contributed by atoms with van der Waals surface area (Å²) in [4.78, 5) is 22.0. The van der Waals surface area contributed by atoms with E-state index in [1.807, 2.05) is 0 Å². The van der Waals surface area contributed by atoms with Gasteiger partial charge in [-0.05, 0) is 13.0 Å². The van der Waals surface area contributed by atoms with Crippen LogP contribution in [0.4, 0.5) is 10.1 Å². The first-order chi connectivity index (χ1) is 9.00. The highest BCUT2D eigenvalue weighted by Gasteiger charge is 2.15. The molecule has 0 aliphatic rings. The summed E-state index contributed by atoms with van der Waals surface area (Å²) < 4.78 is 14.7. The molecule has 0 saturated carbocycles. The van der Waals surface area contributed by atoms with Gasteiger partial charge in [0.25, 0.3) is 11.2 Å². The molecule has 0 fully saturated rings. The van der Waals surface area contributed by atoms with Crippen LogP contribution >= 0.6 is 0 Å².